The molecule has 0 aliphatic carbocycles. The van der Waals surface area contributed by atoms with Crippen molar-refractivity contribution in [2.75, 3.05) is 13.2 Å². The Labute approximate surface area is 122 Å². The summed E-state index contributed by atoms with van der Waals surface area (Å²) in [5.74, 6) is 0.841. The first-order valence-corrected chi connectivity index (χ1v) is 7.24. The third kappa shape index (κ3) is 2.47. The van der Waals surface area contributed by atoms with Crippen LogP contribution in [0.1, 0.15) is 24.7 Å². The van der Waals surface area contributed by atoms with Gasteiger partial charge >= 0.3 is 5.63 Å². The molecule has 0 N–H and O–H groups in total. The third-order valence-corrected chi connectivity index (χ3v) is 3.68. The van der Waals surface area contributed by atoms with Crippen LogP contribution < -0.4 is 5.63 Å². The molecule has 21 heavy (non-hydrogen) atoms. The number of para-hydroxylation sites is 1. The van der Waals surface area contributed by atoms with Crippen LogP contribution in [0.5, 0.6) is 0 Å². The van der Waals surface area contributed by atoms with E-state index < -0.39 is 0 Å². The molecule has 110 valence electrons. The summed E-state index contributed by atoms with van der Waals surface area (Å²) >= 11 is 0. The molecular weight excluding hydrogens is 268 g/mol. The van der Waals surface area contributed by atoms with Crippen molar-refractivity contribution in [3.63, 3.8) is 0 Å². The normalized spacial score (nSPS) is 11.5. The van der Waals surface area contributed by atoms with Gasteiger partial charge in [0, 0.05) is 25.2 Å². The summed E-state index contributed by atoms with van der Waals surface area (Å²) in [7, 11) is 0. The van der Waals surface area contributed by atoms with Crippen LogP contribution in [0.3, 0.4) is 0 Å². The Balaban J connectivity index is 2.08. The quantitative estimate of drug-likeness (QED) is 0.528. The van der Waals surface area contributed by atoms with Crippen molar-refractivity contribution in [3.05, 3.63) is 46.0 Å². The highest BCUT2D eigenvalue weighted by atomic mass is 16.5. The molecule has 3 aromatic rings. The van der Waals surface area contributed by atoms with Crippen LogP contribution in [0.2, 0.25) is 0 Å². The summed E-state index contributed by atoms with van der Waals surface area (Å²) < 4.78 is 16.7. The lowest BCUT2D eigenvalue weighted by atomic mass is 10.1. The lowest BCUT2D eigenvalue weighted by Crippen LogP contribution is -2.00. The summed E-state index contributed by atoms with van der Waals surface area (Å²) in [4.78, 5) is 12.2. The maximum atomic E-state index is 12.2. The number of hydrogen-bond acceptors (Lipinski definition) is 4. The number of fused-ring (bicyclic) bond motifs is 3. The fraction of sp³-hybridized carbons (Fsp3) is 0.353. The maximum absolute atomic E-state index is 12.2. The van der Waals surface area contributed by atoms with Gasteiger partial charge < -0.3 is 13.6 Å². The second-order valence-corrected chi connectivity index (χ2v) is 5.04. The van der Waals surface area contributed by atoms with Crippen LogP contribution >= 0.6 is 0 Å². The standard InChI is InChI=1S/C17H18O4/c1-3-19-10-6-9-13-11(2)15-16(20-13)12-7-4-5-8-14(12)21-17(15)18/h4-5,7-8H,3,6,9-10H2,1-2H3. The van der Waals surface area contributed by atoms with Crippen LogP contribution in [0.15, 0.2) is 37.9 Å². The van der Waals surface area contributed by atoms with Crippen LogP contribution in [-0.4, -0.2) is 13.2 Å². The minimum absolute atomic E-state index is 0.332. The van der Waals surface area contributed by atoms with Gasteiger partial charge in [-0.15, -0.1) is 0 Å². The molecule has 0 spiro atoms. The van der Waals surface area contributed by atoms with E-state index in [2.05, 4.69) is 0 Å². The van der Waals surface area contributed by atoms with Gasteiger partial charge in [-0.1, -0.05) is 12.1 Å². The molecule has 0 radical (unpaired) electrons. The minimum Gasteiger partial charge on any atom is -0.460 e. The summed E-state index contributed by atoms with van der Waals surface area (Å²) in [6.07, 6.45) is 1.63. The zero-order valence-electron chi connectivity index (χ0n) is 12.3. The van der Waals surface area contributed by atoms with E-state index >= 15 is 0 Å². The fourth-order valence-corrected chi connectivity index (χ4v) is 2.61. The molecular formula is C17H18O4. The number of ether oxygens (including phenoxy) is 1. The second-order valence-electron chi connectivity index (χ2n) is 5.04. The highest BCUT2D eigenvalue weighted by molar-refractivity contribution is 6.02. The molecule has 4 nitrogen and oxygen atoms in total. The smallest absolute Gasteiger partial charge is 0.347 e. The summed E-state index contributed by atoms with van der Waals surface area (Å²) in [5, 5.41) is 1.39. The van der Waals surface area contributed by atoms with Crippen LogP contribution in [-0.2, 0) is 11.2 Å². The third-order valence-electron chi connectivity index (χ3n) is 3.68. The molecule has 0 fully saturated rings. The van der Waals surface area contributed by atoms with Gasteiger partial charge in [-0.2, -0.15) is 0 Å². The predicted octanol–water partition coefficient (Wildman–Crippen LogP) is 3.82. The molecule has 0 saturated carbocycles. The van der Waals surface area contributed by atoms with E-state index in [-0.39, 0.29) is 5.63 Å². The van der Waals surface area contributed by atoms with Gasteiger partial charge in [-0.25, -0.2) is 4.79 Å². The molecule has 0 amide bonds. The van der Waals surface area contributed by atoms with Gasteiger partial charge in [0.05, 0.1) is 5.39 Å². The molecule has 1 aromatic carbocycles. The van der Waals surface area contributed by atoms with Crippen molar-refractivity contribution in [2.24, 2.45) is 0 Å². The van der Waals surface area contributed by atoms with Crippen molar-refractivity contribution in [3.8, 4) is 0 Å². The van der Waals surface area contributed by atoms with Crippen molar-refractivity contribution in [1.82, 2.24) is 0 Å². The average Bonchev–Trinajstić information content (AvgIpc) is 2.82. The maximum Gasteiger partial charge on any atom is 0.347 e. The number of hydrogen-bond donors (Lipinski definition) is 0. The molecule has 0 unspecified atom stereocenters. The topological polar surface area (TPSA) is 52.6 Å². The molecule has 0 atom stereocenters. The molecule has 0 aliphatic rings. The van der Waals surface area contributed by atoms with Gasteiger partial charge in [0.2, 0.25) is 0 Å². The van der Waals surface area contributed by atoms with E-state index in [1.54, 1.807) is 6.07 Å². The molecule has 0 aliphatic heterocycles. The van der Waals surface area contributed by atoms with Gasteiger partial charge in [0.1, 0.15) is 16.7 Å². The highest BCUT2D eigenvalue weighted by Gasteiger charge is 2.17. The molecule has 4 heteroatoms. The van der Waals surface area contributed by atoms with E-state index in [4.69, 9.17) is 13.6 Å². The molecule has 3 rings (SSSR count). The first-order chi connectivity index (χ1) is 10.2. The summed E-state index contributed by atoms with van der Waals surface area (Å²) in [6.45, 7) is 5.30. The first-order valence-electron chi connectivity index (χ1n) is 7.24. The SMILES string of the molecule is CCOCCCc1oc2c(c1C)c(=O)oc1ccccc12. The van der Waals surface area contributed by atoms with Gasteiger partial charge in [0.15, 0.2) is 5.58 Å². The Morgan fingerprint density at radius 3 is 2.81 bits per heavy atom. The largest absolute Gasteiger partial charge is 0.460 e. The van der Waals surface area contributed by atoms with E-state index in [0.29, 0.717) is 29.8 Å². The first kappa shape index (κ1) is 13.9. The van der Waals surface area contributed by atoms with E-state index in [1.165, 1.54) is 0 Å². The summed E-state index contributed by atoms with van der Waals surface area (Å²) in [5.41, 5.74) is 1.73. The van der Waals surface area contributed by atoms with E-state index in [9.17, 15) is 4.79 Å². The van der Waals surface area contributed by atoms with E-state index in [0.717, 1.165) is 29.6 Å². The molecule has 2 aromatic heterocycles. The number of benzene rings is 1. The van der Waals surface area contributed by atoms with Crippen molar-refractivity contribution >= 4 is 21.9 Å². The number of rotatable bonds is 5. The summed E-state index contributed by atoms with van der Waals surface area (Å²) in [6, 6.07) is 7.45. The number of aryl methyl sites for hydroxylation is 2. The van der Waals surface area contributed by atoms with Gasteiger partial charge in [-0.05, 0) is 32.4 Å². The molecule has 0 saturated heterocycles. The van der Waals surface area contributed by atoms with Crippen molar-refractivity contribution in [2.45, 2.75) is 26.7 Å². The lowest BCUT2D eigenvalue weighted by Gasteiger charge is -1.99. The zero-order valence-corrected chi connectivity index (χ0v) is 12.3. The minimum atomic E-state index is -0.332. The number of furan rings is 1. The predicted molar refractivity (Wildman–Crippen MR) is 81.8 cm³/mol. The van der Waals surface area contributed by atoms with Crippen molar-refractivity contribution < 1.29 is 13.6 Å². The molecule has 0 bridgehead atoms. The fourth-order valence-electron chi connectivity index (χ4n) is 2.61. The second kappa shape index (κ2) is 5.74. The monoisotopic (exact) mass is 286 g/mol. The van der Waals surface area contributed by atoms with Crippen LogP contribution in [0.4, 0.5) is 0 Å². The van der Waals surface area contributed by atoms with E-state index in [1.807, 2.05) is 32.0 Å². The Hall–Kier alpha value is -2.07. The zero-order chi connectivity index (χ0) is 14.8. The Bertz CT molecular complexity index is 826. The Kier molecular flexibility index (Phi) is 3.80. The molecule has 2 heterocycles. The van der Waals surface area contributed by atoms with Gasteiger partial charge in [0.25, 0.3) is 0 Å². The Morgan fingerprint density at radius 2 is 2.00 bits per heavy atom. The van der Waals surface area contributed by atoms with Crippen LogP contribution in [0.25, 0.3) is 21.9 Å². The average molecular weight is 286 g/mol. The van der Waals surface area contributed by atoms with Crippen LogP contribution in [0, 0.1) is 6.92 Å². The Morgan fingerprint density at radius 1 is 1.19 bits per heavy atom. The highest BCUT2D eigenvalue weighted by Crippen LogP contribution is 2.29. The lowest BCUT2D eigenvalue weighted by molar-refractivity contribution is 0.144. The van der Waals surface area contributed by atoms with Gasteiger partial charge in [-0.3, -0.25) is 0 Å². The van der Waals surface area contributed by atoms with Crippen molar-refractivity contribution in [1.29, 1.82) is 0 Å².